The van der Waals surface area contributed by atoms with Crippen LogP contribution >= 0.6 is 0 Å². The first-order valence-corrected chi connectivity index (χ1v) is 6.79. The number of amides is 1. The average molecular weight is 295 g/mol. The normalized spacial score (nSPS) is 11.8. The van der Waals surface area contributed by atoms with Crippen molar-refractivity contribution in [3.8, 4) is 0 Å². The number of nitro groups is 1. The van der Waals surface area contributed by atoms with Crippen molar-refractivity contribution in [3.05, 3.63) is 33.9 Å². The summed E-state index contributed by atoms with van der Waals surface area (Å²) in [6.45, 7) is 5.36. The maximum Gasteiger partial charge on any atom is 0.293 e. The van der Waals surface area contributed by atoms with Crippen molar-refractivity contribution in [1.29, 1.82) is 0 Å². The number of carbonyl (C=O) groups excluding carboxylic acids is 1. The lowest BCUT2D eigenvalue weighted by molar-refractivity contribution is -0.384. The summed E-state index contributed by atoms with van der Waals surface area (Å²) < 4.78 is 4.99. The van der Waals surface area contributed by atoms with Crippen LogP contribution in [0.2, 0.25) is 0 Å². The van der Waals surface area contributed by atoms with Crippen molar-refractivity contribution < 1.29 is 14.5 Å². The fourth-order valence-corrected chi connectivity index (χ4v) is 1.88. The van der Waals surface area contributed by atoms with Gasteiger partial charge in [0.25, 0.3) is 11.6 Å². The highest BCUT2D eigenvalue weighted by Crippen LogP contribution is 2.25. The maximum atomic E-state index is 12.0. The summed E-state index contributed by atoms with van der Waals surface area (Å²) in [6, 6.07) is 4.41. The summed E-state index contributed by atoms with van der Waals surface area (Å²) in [6.07, 6.45) is 0. The zero-order valence-corrected chi connectivity index (χ0v) is 12.5. The van der Waals surface area contributed by atoms with Gasteiger partial charge in [-0.3, -0.25) is 14.9 Å². The van der Waals surface area contributed by atoms with Crippen LogP contribution < -0.4 is 10.6 Å². The minimum atomic E-state index is -0.498. The Morgan fingerprint density at radius 3 is 2.76 bits per heavy atom. The molecular weight excluding hydrogens is 274 g/mol. The number of benzene rings is 1. The van der Waals surface area contributed by atoms with E-state index in [1.807, 2.05) is 13.8 Å². The van der Waals surface area contributed by atoms with Crippen LogP contribution in [0.3, 0.4) is 0 Å². The van der Waals surface area contributed by atoms with Crippen molar-refractivity contribution in [2.45, 2.75) is 13.8 Å². The maximum absolute atomic E-state index is 12.0. The quantitative estimate of drug-likeness (QED) is 0.565. The van der Waals surface area contributed by atoms with Crippen LogP contribution in [-0.4, -0.2) is 37.6 Å². The van der Waals surface area contributed by atoms with Crippen molar-refractivity contribution in [1.82, 2.24) is 5.32 Å². The predicted molar refractivity (Wildman–Crippen MR) is 80.6 cm³/mol. The van der Waals surface area contributed by atoms with Gasteiger partial charge in [0, 0.05) is 31.8 Å². The van der Waals surface area contributed by atoms with Crippen LogP contribution in [-0.2, 0) is 4.74 Å². The summed E-state index contributed by atoms with van der Waals surface area (Å²) in [7, 11) is 1.60. The monoisotopic (exact) mass is 295 g/mol. The molecule has 0 radical (unpaired) electrons. The number of nitrogens with one attached hydrogen (secondary N) is 2. The third-order valence-electron chi connectivity index (χ3n) is 2.89. The van der Waals surface area contributed by atoms with Gasteiger partial charge in [0.15, 0.2) is 0 Å². The minimum Gasteiger partial charge on any atom is -0.384 e. The Kier molecular flexibility index (Phi) is 6.61. The molecule has 1 aromatic carbocycles. The Hall–Kier alpha value is -2.15. The molecule has 0 heterocycles. The number of anilines is 1. The topological polar surface area (TPSA) is 93.5 Å². The van der Waals surface area contributed by atoms with Crippen LogP contribution in [0.15, 0.2) is 18.2 Å². The highest BCUT2D eigenvalue weighted by atomic mass is 16.6. The Labute approximate surface area is 123 Å². The average Bonchev–Trinajstić information content (AvgIpc) is 2.45. The van der Waals surface area contributed by atoms with Crippen LogP contribution in [0.1, 0.15) is 24.2 Å². The molecule has 0 aliphatic rings. The van der Waals surface area contributed by atoms with Gasteiger partial charge in [-0.15, -0.1) is 0 Å². The van der Waals surface area contributed by atoms with Crippen molar-refractivity contribution in [3.63, 3.8) is 0 Å². The molecule has 0 aliphatic heterocycles. The number of hydrogen-bond donors (Lipinski definition) is 2. The lowest BCUT2D eigenvalue weighted by atomic mass is 10.1. The van der Waals surface area contributed by atoms with E-state index in [4.69, 9.17) is 4.74 Å². The molecule has 0 fully saturated rings. The van der Waals surface area contributed by atoms with Gasteiger partial charge in [-0.1, -0.05) is 6.92 Å². The zero-order chi connectivity index (χ0) is 15.8. The molecule has 2 N–H and O–H groups in total. The highest BCUT2D eigenvalue weighted by Gasteiger charge is 2.17. The lowest BCUT2D eigenvalue weighted by Gasteiger charge is -2.12. The first-order chi connectivity index (χ1) is 9.99. The summed E-state index contributed by atoms with van der Waals surface area (Å²) in [5.74, 6) is -0.154. The van der Waals surface area contributed by atoms with Crippen molar-refractivity contribution in [2.75, 3.05) is 32.1 Å². The summed E-state index contributed by atoms with van der Waals surface area (Å²) in [5.41, 5.74) is 0.578. The molecule has 0 spiro atoms. The second-order valence-corrected chi connectivity index (χ2v) is 4.79. The first-order valence-electron chi connectivity index (χ1n) is 6.79. The molecule has 0 saturated carbocycles. The van der Waals surface area contributed by atoms with Crippen molar-refractivity contribution >= 4 is 17.3 Å². The Balaban J connectivity index is 2.81. The largest absolute Gasteiger partial charge is 0.384 e. The zero-order valence-electron chi connectivity index (χ0n) is 12.5. The fraction of sp³-hybridized carbons (Fsp3) is 0.500. The number of nitrogens with zero attached hydrogens (tertiary/aromatic N) is 1. The summed E-state index contributed by atoms with van der Waals surface area (Å²) in [5, 5.41) is 16.7. The highest BCUT2D eigenvalue weighted by molar-refractivity contribution is 5.95. The number of carbonyl (C=O) groups is 1. The SMILES string of the molecule is CCNc1ccc(C(=O)NCC(C)COC)cc1[N+](=O)[O-]. The second kappa shape index (κ2) is 8.21. The van der Waals surface area contributed by atoms with E-state index in [1.54, 1.807) is 19.2 Å². The molecule has 116 valence electrons. The molecule has 0 bridgehead atoms. The molecule has 21 heavy (non-hydrogen) atoms. The van der Waals surface area contributed by atoms with E-state index in [0.29, 0.717) is 25.4 Å². The molecule has 1 unspecified atom stereocenters. The van der Waals surface area contributed by atoms with E-state index in [2.05, 4.69) is 10.6 Å². The smallest absolute Gasteiger partial charge is 0.293 e. The molecule has 0 aromatic heterocycles. The van der Waals surface area contributed by atoms with Gasteiger partial charge in [-0.25, -0.2) is 0 Å². The number of ether oxygens (including phenoxy) is 1. The van der Waals surface area contributed by atoms with Gasteiger partial charge in [0.05, 0.1) is 11.5 Å². The van der Waals surface area contributed by atoms with Gasteiger partial charge >= 0.3 is 0 Å². The molecule has 0 aliphatic carbocycles. The first kappa shape index (κ1) is 16.9. The Bertz CT molecular complexity index is 505. The lowest BCUT2D eigenvalue weighted by Crippen LogP contribution is -2.29. The predicted octanol–water partition coefficient (Wildman–Crippen LogP) is 2.04. The number of rotatable bonds is 8. The van der Waals surface area contributed by atoms with Gasteiger partial charge in [0.1, 0.15) is 5.69 Å². The van der Waals surface area contributed by atoms with E-state index in [1.165, 1.54) is 6.07 Å². The third-order valence-corrected chi connectivity index (χ3v) is 2.89. The van der Waals surface area contributed by atoms with Gasteiger partial charge < -0.3 is 15.4 Å². The number of nitro benzene ring substituents is 1. The molecule has 1 amide bonds. The summed E-state index contributed by atoms with van der Waals surface area (Å²) >= 11 is 0. The van der Waals surface area contributed by atoms with Gasteiger partial charge in [-0.05, 0) is 25.0 Å². The number of hydrogen-bond acceptors (Lipinski definition) is 5. The van der Waals surface area contributed by atoms with Crippen LogP contribution in [0, 0.1) is 16.0 Å². The van der Waals surface area contributed by atoms with E-state index < -0.39 is 4.92 Å². The van der Waals surface area contributed by atoms with E-state index in [0.717, 1.165) is 0 Å². The Morgan fingerprint density at radius 1 is 1.48 bits per heavy atom. The summed E-state index contributed by atoms with van der Waals surface area (Å²) in [4.78, 5) is 22.5. The molecule has 1 rings (SSSR count). The molecule has 0 saturated heterocycles. The fourth-order valence-electron chi connectivity index (χ4n) is 1.88. The van der Waals surface area contributed by atoms with Crippen molar-refractivity contribution in [2.24, 2.45) is 5.92 Å². The molecule has 7 heteroatoms. The molecule has 1 aromatic rings. The molecular formula is C14H21N3O4. The third kappa shape index (κ3) is 5.03. The van der Waals surface area contributed by atoms with Crippen LogP contribution in [0.4, 0.5) is 11.4 Å². The van der Waals surface area contributed by atoms with E-state index in [9.17, 15) is 14.9 Å². The van der Waals surface area contributed by atoms with Crippen LogP contribution in [0.25, 0.3) is 0 Å². The molecule has 1 atom stereocenters. The minimum absolute atomic E-state index is 0.102. The van der Waals surface area contributed by atoms with Gasteiger partial charge in [0.2, 0.25) is 0 Å². The molecule has 7 nitrogen and oxygen atoms in total. The Morgan fingerprint density at radius 2 is 2.19 bits per heavy atom. The standard InChI is InChI=1S/C14H21N3O4/c1-4-15-12-6-5-11(7-13(12)17(19)20)14(18)16-8-10(2)9-21-3/h5-7,10,15H,4,8-9H2,1-3H3,(H,16,18). The van der Waals surface area contributed by atoms with Crippen LogP contribution in [0.5, 0.6) is 0 Å². The van der Waals surface area contributed by atoms with Gasteiger partial charge in [-0.2, -0.15) is 0 Å². The van der Waals surface area contributed by atoms with E-state index >= 15 is 0 Å². The van der Waals surface area contributed by atoms with E-state index in [-0.39, 0.29) is 23.1 Å². The number of methoxy groups -OCH3 is 1. The second-order valence-electron chi connectivity index (χ2n) is 4.79.